The third-order valence-corrected chi connectivity index (χ3v) is 2.16. The molecule has 0 aromatic heterocycles. The molecule has 0 fully saturated rings. The molecule has 0 radical (unpaired) electrons. The molecule has 2 atom stereocenters. The van der Waals surface area contributed by atoms with E-state index >= 15 is 0 Å². The van der Waals surface area contributed by atoms with Crippen molar-refractivity contribution in [3.63, 3.8) is 0 Å². The summed E-state index contributed by atoms with van der Waals surface area (Å²) in [6, 6.07) is -0.644. The highest BCUT2D eigenvalue weighted by Gasteiger charge is 2.26. The van der Waals surface area contributed by atoms with E-state index in [0.717, 1.165) is 6.42 Å². The van der Waals surface area contributed by atoms with Gasteiger partial charge in [-0.05, 0) is 5.92 Å². The van der Waals surface area contributed by atoms with Crippen LogP contribution in [0.4, 0.5) is 0 Å². The number of carbonyl (C=O) groups excluding carboxylic acids is 1. The summed E-state index contributed by atoms with van der Waals surface area (Å²) < 4.78 is 0. The highest BCUT2D eigenvalue weighted by Crippen LogP contribution is 2.15. The minimum Gasteiger partial charge on any atom is -0.297 e. The number of carbonyl (C=O) groups is 1. The summed E-state index contributed by atoms with van der Waals surface area (Å²) in [6.45, 7) is 7.43. The van der Waals surface area contributed by atoms with E-state index in [0.29, 0.717) is 0 Å². The van der Waals surface area contributed by atoms with E-state index in [1.165, 1.54) is 0 Å². The van der Waals surface area contributed by atoms with Crippen LogP contribution in [-0.2, 0) is 4.79 Å². The van der Waals surface area contributed by atoms with Crippen molar-refractivity contribution in [2.75, 3.05) is 0 Å². The topological polar surface area (TPSA) is 46.5 Å². The van der Waals surface area contributed by atoms with Gasteiger partial charge in [0.1, 0.15) is 0 Å². The van der Waals surface area contributed by atoms with Crippen molar-refractivity contribution in [2.45, 2.75) is 40.2 Å². The fourth-order valence-corrected chi connectivity index (χ4v) is 1.00. The van der Waals surface area contributed by atoms with E-state index < -0.39 is 6.04 Å². The molecule has 0 saturated carbocycles. The number of nitroso groups, excluding NO2 is 1. The van der Waals surface area contributed by atoms with E-state index in [-0.39, 0.29) is 17.6 Å². The van der Waals surface area contributed by atoms with Gasteiger partial charge in [0.15, 0.2) is 11.8 Å². The lowest BCUT2D eigenvalue weighted by Crippen LogP contribution is -2.29. The second kappa shape index (κ2) is 5.01. The molecule has 0 bridgehead atoms. The lowest BCUT2D eigenvalue weighted by molar-refractivity contribution is -0.124. The lowest BCUT2D eigenvalue weighted by atomic mass is 9.91. The zero-order chi connectivity index (χ0) is 9.72. The largest absolute Gasteiger partial charge is 0.297 e. The Hall–Kier alpha value is -0.730. The molecule has 70 valence electrons. The monoisotopic (exact) mass is 171 g/mol. The third kappa shape index (κ3) is 2.72. The molecule has 0 aromatic carbocycles. The Balaban J connectivity index is 4.34. The van der Waals surface area contributed by atoms with Gasteiger partial charge in [-0.15, -0.1) is 0 Å². The van der Waals surface area contributed by atoms with E-state index in [1.807, 2.05) is 13.8 Å². The maximum Gasteiger partial charge on any atom is 0.163 e. The van der Waals surface area contributed by atoms with Crippen molar-refractivity contribution in [1.82, 2.24) is 0 Å². The molecular formula is C9H17NO2. The average Bonchev–Trinajstić information content (AvgIpc) is 2.05. The summed E-state index contributed by atoms with van der Waals surface area (Å²) in [5, 5.41) is 2.88. The molecule has 12 heavy (non-hydrogen) atoms. The molecule has 0 aromatic rings. The van der Waals surface area contributed by atoms with Crippen molar-refractivity contribution < 1.29 is 4.79 Å². The van der Waals surface area contributed by atoms with Crippen molar-refractivity contribution in [3.05, 3.63) is 4.91 Å². The Morgan fingerprint density at radius 2 is 1.83 bits per heavy atom. The van der Waals surface area contributed by atoms with Crippen LogP contribution in [0.3, 0.4) is 0 Å². The highest BCUT2D eigenvalue weighted by atomic mass is 16.3. The summed E-state index contributed by atoms with van der Waals surface area (Å²) in [4.78, 5) is 21.8. The van der Waals surface area contributed by atoms with Gasteiger partial charge in [-0.25, -0.2) is 0 Å². The lowest BCUT2D eigenvalue weighted by Gasteiger charge is -2.15. The molecule has 0 spiro atoms. The molecular weight excluding hydrogens is 154 g/mol. The van der Waals surface area contributed by atoms with Gasteiger partial charge >= 0.3 is 0 Å². The second-order valence-corrected chi connectivity index (χ2v) is 3.49. The fraction of sp³-hybridized carbons (Fsp3) is 0.889. The molecule has 0 saturated heterocycles. The van der Waals surface area contributed by atoms with Gasteiger partial charge < -0.3 is 0 Å². The zero-order valence-electron chi connectivity index (χ0n) is 8.20. The van der Waals surface area contributed by atoms with Gasteiger partial charge in [-0.2, -0.15) is 4.91 Å². The summed E-state index contributed by atoms with van der Waals surface area (Å²) in [7, 11) is 0. The standard InChI is InChI=1S/C9H17NO2/c1-5-7(4)8(10-12)9(11)6(2)3/h6-8H,5H2,1-4H3/t7?,8-/m0/s1. The van der Waals surface area contributed by atoms with E-state index in [1.54, 1.807) is 13.8 Å². The molecule has 3 heteroatoms. The Labute approximate surface area is 73.5 Å². The van der Waals surface area contributed by atoms with Gasteiger partial charge in [-0.1, -0.05) is 39.3 Å². The molecule has 0 aliphatic carbocycles. The minimum absolute atomic E-state index is 0.0423. The Bertz CT molecular complexity index is 166. The van der Waals surface area contributed by atoms with Crippen LogP contribution in [0.5, 0.6) is 0 Å². The van der Waals surface area contributed by atoms with E-state index in [4.69, 9.17) is 0 Å². The van der Waals surface area contributed by atoms with Crippen molar-refractivity contribution in [1.29, 1.82) is 0 Å². The van der Waals surface area contributed by atoms with Crippen LogP contribution in [-0.4, -0.2) is 11.8 Å². The molecule has 0 amide bonds. The smallest absolute Gasteiger partial charge is 0.163 e. The number of rotatable bonds is 5. The van der Waals surface area contributed by atoms with E-state index in [2.05, 4.69) is 5.18 Å². The molecule has 1 unspecified atom stereocenters. The van der Waals surface area contributed by atoms with Crippen LogP contribution in [0.2, 0.25) is 0 Å². The third-order valence-electron chi connectivity index (χ3n) is 2.16. The number of ketones is 1. The first-order valence-corrected chi connectivity index (χ1v) is 4.40. The second-order valence-electron chi connectivity index (χ2n) is 3.49. The van der Waals surface area contributed by atoms with Gasteiger partial charge in [0.25, 0.3) is 0 Å². The Kier molecular flexibility index (Phi) is 4.71. The Morgan fingerprint density at radius 1 is 1.33 bits per heavy atom. The van der Waals surface area contributed by atoms with Gasteiger partial charge in [-0.3, -0.25) is 4.79 Å². The van der Waals surface area contributed by atoms with Crippen molar-refractivity contribution in [3.8, 4) is 0 Å². The number of hydrogen-bond acceptors (Lipinski definition) is 3. The molecule has 0 aliphatic heterocycles. The van der Waals surface area contributed by atoms with Crippen molar-refractivity contribution >= 4 is 5.78 Å². The van der Waals surface area contributed by atoms with Crippen LogP contribution in [0, 0.1) is 16.7 Å². The average molecular weight is 171 g/mol. The summed E-state index contributed by atoms with van der Waals surface area (Å²) in [5.74, 6) is -0.0709. The van der Waals surface area contributed by atoms with Crippen LogP contribution in [0.15, 0.2) is 5.18 Å². The van der Waals surface area contributed by atoms with E-state index in [9.17, 15) is 9.70 Å². The molecule has 3 nitrogen and oxygen atoms in total. The zero-order valence-corrected chi connectivity index (χ0v) is 8.20. The first kappa shape index (κ1) is 11.3. The van der Waals surface area contributed by atoms with Crippen LogP contribution >= 0.6 is 0 Å². The van der Waals surface area contributed by atoms with Crippen LogP contribution in [0.25, 0.3) is 0 Å². The summed E-state index contributed by atoms with van der Waals surface area (Å²) in [5.41, 5.74) is 0. The fourth-order valence-electron chi connectivity index (χ4n) is 1.00. The number of Topliss-reactive ketones (excluding diaryl/α,β-unsaturated/α-hetero) is 1. The quantitative estimate of drug-likeness (QED) is 0.596. The van der Waals surface area contributed by atoms with Crippen LogP contribution in [0.1, 0.15) is 34.1 Å². The predicted molar refractivity (Wildman–Crippen MR) is 48.9 cm³/mol. The Morgan fingerprint density at radius 3 is 2.08 bits per heavy atom. The number of nitrogens with zero attached hydrogens (tertiary/aromatic N) is 1. The van der Waals surface area contributed by atoms with Gasteiger partial charge in [0, 0.05) is 5.92 Å². The molecule has 0 N–H and O–H groups in total. The normalized spacial score (nSPS) is 15.8. The first-order valence-electron chi connectivity index (χ1n) is 4.40. The number of hydrogen-bond donors (Lipinski definition) is 0. The van der Waals surface area contributed by atoms with Crippen LogP contribution < -0.4 is 0 Å². The maximum absolute atomic E-state index is 11.4. The summed E-state index contributed by atoms with van der Waals surface area (Å²) in [6.07, 6.45) is 0.814. The summed E-state index contributed by atoms with van der Waals surface area (Å²) >= 11 is 0. The molecule has 0 rings (SSSR count). The molecule has 0 heterocycles. The SMILES string of the molecule is CCC(C)[C@H](N=O)C(=O)C(C)C. The first-order chi connectivity index (χ1) is 5.54. The van der Waals surface area contributed by atoms with Gasteiger partial charge in [0.2, 0.25) is 0 Å². The van der Waals surface area contributed by atoms with Crippen molar-refractivity contribution in [2.24, 2.45) is 17.0 Å². The maximum atomic E-state index is 11.4. The minimum atomic E-state index is -0.644. The highest BCUT2D eigenvalue weighted by molar-refractivity contribution is 5.86. The molecule has 0 aliphatic rings. The predicted octanol–water partition coefficient (Wildman–Crippen LogP) is 2.39. The van der Waals surface area contributed by atoms with Gasteiger partial charge in [0.05, 0.1) is 0 Å².